The number of carboxylic acids is 1. The van der Waals surface area contributed by atoms with Gasteiger partial charge in [-0.3, -0.25) is 19.2 Å². The highest BCUT2D eigenvalue weighted by Crippen LogP contribution is 2.27. The third-order valence-corrected chi connectivity index (χ3v) is 7.93. The number of benzene rings is 1. The third kappa shape index (κ3) is 8.20. The summed E-state index contributed by atoms with van der Waals surface area (Å²) >= 11 is 0. The molecular formula is C31H39N5O10. The van der Waals surface area contributed by atoms with Crippen LogP contribution >= 0.6 is 0 Å². The van der Waals surface area contributed by atoms with Crippen molar-refractivity contribution in [1.29, 1.82) is 0 Å². The molecule has 46 heavy (non-hydrogen) atoms. The number of amides is 4. The van der Waals surface area contributed by atoms with Crippen molar-refractivity contribution in [1.82, 2.24) is 25.0 Å². The fraction of sp³-hybridized carbons (Fsp3) is 0.516. The molecule has 0 bridgehead atoms. The molecule has 3 heterocycles. The molecule has 2 atom stereocenters. The van der Waals surface area contributed by atoms with Gasteiger partial charge in [-0.05, 0) is 50.8 Å². The number of ether oxygens (including phenoxy) is 3. The summed E-state index contributed by atoms with van der Waals surface area (Å²) in [5, 5.41) is 12.5. The van der Waals surface area contributed by atoms with Crippen molar-refractivity contribution in [3.63, 3.8) is 0 Å². The molecule has 15 nitrogen and oxygen atoms in total. The number of carboxylic acid groups (broad SMARTS) is 1. The number of rotatable bonds is 11. The van der Waals surface area contributed by atoms with Crippen LogP contribution in [0.5, 0.6) is 5.75 Å². The lowest BCUT2D eigenvalue weighted by atomic mass is 10.1. The number of esters is 1. The van der Waals surface area contributed by atoms with Crippen molar-refractivity contribution in [2.24, 2.45) is 0 Å². The van der Waals surface area contributed by atoms with Crippen LogP contribution in [-0.4, -0.2) is 126 Å². The lowest BCUT2D eigenvalue weighted by Gasteiger charge is -2.35. The highest BCUT2D eigenvalue weighted by molar-refractivity contribution is 5.99. The fourth-order valence-electron chi connectivity index (χ4n) is 5.51. The molecule has 248 valence electrons. The molecule has 0 saturated carbocycles. The Kier molecular flexibility index (Phi) is 11.3. The van der Waals surface area contributed by atoms with Crippen LogP contribution in [0, 0.1) is 6.92 Å². The zero-order valence-electron chi connectivity index (χ0n) is 26.2. The summed E-state index contributed by atoms with van der Waals surface area (Å²) in [5.74, 6) is -3.07. The van der Waals surface area contributed by atoms with Gasteiger partial charge in [0.25, 0.3) is 11.8 Å². The number of carbonyl (C=O) groups excluding carboxylic acids is 5. The zero-order chi connectivity index (χ0) is 33.4. The minimum Gasteiger partial charge on any atom is -0.483 e. The van der Waals surface area contributed by atoms with E-state index in [2.05, 4.69) is 10.3 Å². The molecule has 2 aromatic rings. The molecule has 0 aliphatic carbocycles. The molecule has 15 heteroatoms. The van der Waals surface area contributed by atoms with Gasteiger partial charge in [-0.25, -0.2) is 14.6 Å². The second-order valence-electron chi connectivity index (χ2n) is 11.1. The average Bonchev–Trinajstić information content (AvgIpc) is 3.54. The molecule has 2 unspecified atom stereocenters. The van der Waals surface area contributed by atoms with E-state index in [1.807, 2.05) is 13.0 Å². The van der Waals surface area contributed by atoms with E-state index in [1.165, 1.54) is 27.9 Å². The summed E-state index contributed by atoms with van der Waals surface area (Å²) in [4.78, 5) is 84.4. The van der Waals surface area contributed by atoms with E-state index in [-0.39, 0.29) is 57.1 Å². The molecule has 2 N–H and O–H groups in total. The second kappa shape index (κ2) is 15.4. The van der Waals surface area contributed by atoms with Crippen LogP contribution in [0.1, 0.15) is 48.7 Å². The molecule has 2 aliphatic rings. The average molecular weight is 642 g/mol. The number of nitrogens with one attached hydrogen (secondary N) is 1. The summed E-state index contributed by atoms with van der Waals surface area (Å²) in [6.07, 6.45) is 0.119. The van der Waals surface area contributed by atoms with Crippen LogP contribution in [-0.2, 0) is 28.7 Å². The second-order valence-corrected chi connectivity index (χ2v) is 11.1. The van der Waals surface area contributed by atoms with Gasteiger partial charge >= 0.3 is 18.0 Å². The van der Waals surface area contributed by atoms with E-state index in [1.54, 1.807) is 19.1 Å². The lowest BCUT2D eigenvalue weighted by Crippen LogP contribution is -2.56. The van der Waals surface area contributed by atoms with E-state index in [0.29, 0.717) is 30.3 Å². The number of pyridine rings is 1. The van der Waals surface area contributed by atoms with Crippen molar-refractivity contribution in [2.45, 2.75) is 51.6 Å². The quantitative estimate of drug-likeness (QED) is 0.338. The van der Waals surface area contributed by atoms with E-state index in [4.69, 9.17) is 14.2 Å². The van der Waals surface area contributed by atoms with E-state index in [9.17, 15) is 33.9 Å². The molecule has 4 amide bonds. The number of carbonyl (C=O) groups is 6. The third-order valence-electron chi connectivity index (χ3n) is 7.93. The van der Waals surface area contributed by atoms with Crippen molar-refractivity contribution in [2.75, 3.05) is 53.0 Å². The number of nitrogens with zero attached hydrogens (tertiary/aromatic N) is 4. The normalized spacial score (nSPS) is 16.9. The largest absolute Gasteiger partial charge is 0.483 e. The van der Waals surface area contributed by atoms with Crippen LogP contribution in [0.2, 0.25) is 0 Å². The Bertz CT molecular complexity index is 1490. The van der Waals surface area contributed by atoms with Crippen molar-refractivity contribution < 1.29 is 48.1 Å². The Morgan fingerprint density at radius 3 is 2.43 bits per heavy atom. The Morgan fingerprint density at radius 1 is 1.04 bits per heavy atom. The van der Waals surface area contributed by atoms with Crippen LogP contribution in [0.4, 0.5) is 4.79 Å². The van der Waals surface area contributed by atoms with Crippen molar-refractivity contribution >= 4 is 46.7 Å². The number of hydrogen-bond acceptors (Lipinski definition) is 10. The Morgan fingerprint density at radius 2 is 1.76 bits per heavy atom. The first-order valence-corrected chi connectivity index (χ1v) is 15.2. The summed E-state index contributed by atoms with van der Waals surface area (Å²) in [6.45, 7) is 4.58. The maximum absolute atomic E-state index is 13.5. The standard InChI is InChI=1S/C31H39N5O10/c1-4-45-31(43)35-14-12-34(13-15-35)29(41)21(9-10-27(38)39)33-28(40)23-17-25(20-8-7-19(2)16-22(20)32-23)46-18-26(37)36-11-5-6-24(36)30(42)44-3/h7-8,16-17,21,24H,4-6,9-15,18H2,1-3H3,(H,33,40)(H,38,39). The highest BCUT2D eigenvalue weighted by Gasteiger charge is 2.35. The minimum absolute atomic E-state index is 0.102. The van der Waals surface area contributed by atoms with Gasteiger partial charge in [-0.15, -0.1) is 0 Å². The van der Waals surface area contributed by atoms with Crippen LogP contribution < -0.4 is 10.1 Å². The minimum atomic E-state index is -1.18. The predicted octanol–water partition coefficient (Wildman–Crippen LogP) is 1.35. The topological polar surface area (TPSA) is 185 Å². The smallest absolute Gasteiger partial charge is 0.409 e. The lowest BCUT2D eigenvalue weighted by molar-refractivity contribution is -0.151. The summed E-state index contributed by atoms with van der Waals surface area (Å²) < 4.78 is 15.7. The summed E-state index contributed by atoms with van der Waals surface area (Å²) in [7, 11) is 1.27. The van der Waals surface area contributed by atoms with Crippen molar-refractivity contribution in [3.05, 3.63) is 35.5 Å². The summed E-state index contributed by atoms with van der Waals surface area (Å²) in [6, 6.07) is 4.82. The van der Waals surface area contributed by atoms with Crippen LogP contribution in [0.25, 0.3) is 10.9 Å². The first-order chi connectivity index (χ1) is 22.0. The van der Waals surface area contributed by atoms with E-state index < -0.39 is 54.4 Å². The molecule has 0 spiro atoms. The molecule has 0 radical (unpaired) electrons. The Hall–Kier alpha value is -4.95. The maximum atomic E-state index is 13.5. The van der Waals surface area contributed by atoms with Gasteiger partial charge in [-0.2, -0.15) is 0 Å². The van der Waals surface area contributed by atoms with E-state index >= 15 is 0 Å². The number of likely N-dealkylation sites (tertiary alicyclic amines) is 1. The molecule has 2 aliphatic heterocycles. The van der Waals surface area contributed by atoms with Gasteiger partial charge in [0.05, 0.1) is 19.2 Å². The molecule has 4 rings (SSSR count). The van der Waals surface area contributed by atoms with Gasteiger partial charge in [0.15, 0.2) is 6.61 Å². The molecule has 2 fully saturated rings. The number of methoxy groups -OCH3 is 1. The number of aliphatic carboxylic acids is 1. The van der Waals surface area contributed by atoms with Gasteiger partial charge < -0.3 is 39.3 Å². The number of aromatic nitrogens is 1. The SMILES string of the molecule is CCOC(=O)N1CCN(C(=O)C(CCC(=O)O)NC(=O)c2cc(OCC(=O)N3CCCC3C(=O)OC)c3ccc(C)cc3n2)CC1. The molecule has 1 aromatic heterocycles. The first kappa shape index (κ1) is 33.9. The van der Waals surface area contributed by atoms with Crippen LogP contribution in [0.15, 0.2) is 24.3 Å². The highest BCUT2D eigenvalue weighted by atomic mass is 16.6. The zero-order valence-corrected chi connectivity index (χ0v) is 26.2. The van der Waals surface area contributed by atoms with Crippen molar-refractivity contribution in [3.8, 4) is 5.75 Å². The maximum Gasteiger partial charge on any atom is 0.409 e. The monoisotopic (exact) mass is 641 g/mol. The Labute approximate surface area is 265 Å². The molecule has 1 aromatic carbocycles. The van der Waals surface area contributed by atoms with Gasteiger partial charge in [0, 0.05) is 50.6 Å². The van der Waals surface area contributed by atoms with Gasteiger partial charge in [0.1, 0.15) is 23.5 Å². The summed E-state index contributed by atoms with van der Waals surface area (Å²) in [5.41, 5.74) is 1.16. The Balaban J connectivity index is 1.52. The molecular weight excluding hydrogens is 602 g/mol. The number of fused-ring (bicyclic) bond motifs is 1. The number of hydrogen-bond donors (Lipinski definition) is 2. The van der Waals surface area contributed by atoms with Gasteiger partial charge in [-0.1, -0.05) is 6.07 Å². The molecule has 2 saturated heterocycles. The predicted molar refractivity (Wildman–Crippen MR) is 162 cm³/mol. The number of aryl methyl sites for hydroxylation is 1. The number of piperazine rings is 1. The van der Waals surface area contributed by atoms with Gasteiger partial charge in [0.2, 0.25) is 5.91 Å². The van der Waals surface area contributed by atoms with E-state index in [0.717, 1.165) is 5.56 Å². The first-order valence-electron chi connectivity index (χ1n) is 15.2. The van der Waals surface area contributed by atoms with Crippen LogP contribution in [0.3, 0.4) is 0 Å². The fourth-order valence-corrected chi connectivity index (χ4v) is 5.51.